The Kier molecular flexibility index (Phi) is 3.57. The third-order valence-electron chi connectivity index (χ3n) is 4.53. The van der Waals surface area contributed by atoms with E-state index in [-0.39, 0.29) is 18.5 Å². The zero-order valence-corrected chi connectivity index (χ0v) is 14.2. The second-order valence-electron chi connectivity index (χ2n) is 5.89. The van der Waals surface area contributed by atoms with Crippen molar-refractivity contribution in [3.05, 3.63) is 33.5 Å². The van der Waals surface area contributed by atoms with E-state index in [2.05, 4.69) is 22.0 Å². The van der Waals surface area contributed by atoms with E-state index in [0.717, 1.165) is 10.0 Å². The van der Waals surface area contributed by atoms with Gasteiger partial charge in [0.15, 0.2) is 17.3 Å². The molecule has 2 aliphatic heterocycles. The maximum Gasteiger partial charge on any atom is 0.231 e. The molecule has 1 aliphatic carbocycles. The van der Waals surface area contributed by atoms with Gasteiger partial charge in [-0.15, -0.1) is 0 Å². The van der Waals surface area contributed by atoms with Crippen molar-refractivity contribution in [3.8, 4) is 17.6 Å². The summed E-state index contributed by atoms with van der Waals surface area (Å²) in [6.45, 7) is 0.142. The van der Waals surface area contributed by atoms with Crippen LogP contribution in [0.2, 0.25) is 0 Å². The predicted octanol–water partition coefficient (Wildman–Crippen LogP) is 3.42. The number of allylic oxidation sites excluding steroid dienone is 2. The van der Waals surface area contributed by atoms with Crippen LogP contribution in [0, 0.1) is 22.7 Å². The smallest absolute Gasteiger partial charge is 0.231 e. The quantitative estimate of drug-likeness (QED) is 0.795. The Morgan fingerprint density at radius 2 is 2.00 bits per heavy atom. The molecule has 2 atom stereocenters. The highest BCUT2D eigenvalue weighted by Crippen LogP contribution is 2.48. The highest BCUT2D eigenvalue weighted by atomic mass is 79.9. The number of fused-ring (bicyclic) bond motifs is 1. The van der Waals surface area contributed by atoms with Crippen molar-refractivity contribution < 1.29 is 19.0 Å². The van der Waals surface area contributed by atoms with Crippen LogP contribution in [0.5, 0.6) is 11.5 Å². The van der Waals surface area contributed by atoms with Crippen LogP contribution in [0.25, 0.3) is 0 Å². The summed E-state index contributed by atoms with van der Waals surface area (Å²) in [7, 11) is 0. The fourth-order valence-electron chi connectivity index (χ4n) is 3.44. The van der Waals surface area contributed by atoms with E-state index in [1.165, 1.54) is 0 Å². The van der Waals surface area contributed by atoms with E-state index in [1.807, 2.05) is 0 Å². The van der Waals surface area contributed by atoms with Crippen molar-refractivity contribution in [1.29, 1.82) is 10.7 Å². The lowest BCUT2D eigenvalue weighted by Gasteiger charge is -2.34. The van der Waals surface area contributed by atoms with Gasteiger partial charge in [-0.05, 0) is 24.1 Å². The maximum atomic E-state index is 12.5. The molecule has 4 rings (SSSR count). The summed E-state index contributed by atoms with van der Waals surface area (Å²) in [6, 6.07) is 5.68. The molecule has 0 saturated carbocycles. The molecule has 7 heteroatoms. The number of Topliss-reactive ketones (excluding diaryl/α,β-unsaturated/α-hetero) is 1. The van der Waals surface area contributed by atoms with Gasteiger partial charge in [-0.3, -0.25) is 10.2 Å². The fraction of sp³-hybridized carbons (Fsp3) is 0.353. The van der Waals surface area contributed by atoms with Gasteiger partial charge in [0.25, 0.3) is 0 Å². The Hall–Kier alpha value is -2.33. The van der Waals surface area contributed by atoms with Crippen molar-refractivity contribution in [2.24, 2.45) is 5.92 Å². The summed E-state index contributed by atoms with van der Waals surface area (Å²) in [5, 5.41) is 17.7. The van der Waals surface area contributed by atoms with Crippen LogP contribution in [-0.4, -0.2) is 18.5 Å². The first-order valence-corrected chi connectivity index (χ1v) is 8.40. The number of carbonyl (C=O) groups excluding carboxylic acids is 1. The van der Waals surface area contributed by atoms with E-state index in [0.29, 0.717) is 42.1 Å². The monoisotopic (exact) mass is 388 g/mol. The van der Waals surface area contributed by atoms with Crippen LogP contribution >= 0.6 is 15.9 Å². The molecule has 0 bridgehead atoms. The van der Waals surface area contributed by atoms with Crippen molar-refractivity contribution in [2.45, 2.75) is 25.2 Å². The van der Waals surface area contributed by atoms with Crippen molar-refractivity contribution in [3.63, 3.8) is 0 Å². The fourth-order valence-corrected chi connectivity index (χ4v) is 4.01. The van der Waals surface area contributed by atoms with Crippen LogP contribution in [0.1, 0.15) is 30.7 Å². The van der Waals surface area contributed by atoms with Gasteiger partial charge < -0.3 is 14.2 Å². The molecule has 24 heavy (non-hydrogen) atoms. The Balaban J connectivity index is 1.91. The van der Waals surface area contributed by atoms with Crippen molar-refractivity contribution >= 4 is 27.6 Å². The minimum atomic E-state index is -0.845. The van der Waals surface area contributed by atoms with Crippen LogP contribution in [-0.2, 0) is 9.53 Å². The number of nitriles is 1. The lowest BCUT2D eigenvalue weighted by atomic mass is 9.74. The molecule has 0 amide bonds. The molecule has 1 N–H and O–H groups in total. The molecule has 1 aromatic carbocycles. The van der Waals surface area contributed by atoms with Gasteiger partial charge in [-0.2, -0.15) is 5.26 Å². The topological polar surface area (TPSA) is 92.4 Å². The lowest BCUT2D eigenvalue weighted by Crippen LogP contribution is -2.34. The normalized spacial score (nSPS) is 25.2. The zero-order chi connectivity index (χ0) is 16.8. The third kappa shape index (κ3) is 2.21. The highest BCUT2D eigenvalue weighted by molar-refractivity contribution is 9.10. The van der Waals surface area contributed by atoms with E-state index in [1.54, 1.807) is 12.1 Å². The number of benzene rings is 1. The summed E-state index contributed by atoms with van der Waals surface area (Å²) < 4.78 is 17.0. The summed E-state index contributed by atoms with van der Waals surface area (Å²) in [4.78, 5) is 12.5. The number of carbonyl (C=O) groups is 1. The zero-order valence-electron chi connectivity index (χ0n) is 12.6. The number of nitrogens with one attached hydrogen (secondary N) is 1. The van der Waals surface area contributed by atoms with Gasteiger partial charge in [0.05, 0.1) is 6.07 Å². The van der Waals surface area contributed by atoms with Gasteiger partial charge in [-0.25, -0.2) is 0 Å². The summed E-state index contributed by atoms with van der Waals surface area (Å²) in [5.41, 5.74) is 1.25. The molecule has 6 nitrogen and oxygen atoms in total. The number of hydrogen-bond acceptors (Lipinski definition) is 6. The van der Waals surface area contributed by atoms with Crippen molar-refractivity contribution in [1.82, 2.24) is 0 Å². The van der Waals surface area contributed by atoms with E-state index in [9.17, 15) is 10.1 Å². The Bertz CT molecular complexity index is 840. The van der Waals surface area contributed by atoms with Gasteiger partial charge in [-0.1, -0.05) is 15.9 Å². The number of ether oxygens (including phenoxy) is 3. The highest BCUT2D eigenvalue weighted by Gasteiger charge is 2.43. The summed E-state index contributed by atoms with van der Waals surface area (Å²) >= 11 is 3.51. The molecule has 3 aliphatic rings. The average Bonchev–Trinajstić information content (AvgIpc) is 3.00. The molecule has 0 aromatic heterocycles. The molecule has 2 unspecified atom stereocenters. The first kappa shape index (κ1) is 15.2. The van der Waals surface area contributed by atoms with Gasteiger partial charge in [0.1, 0.15) is 11.7 Å². The Morgan fingerprint density at radius 1 is 1.25 bits per heavy atom. The SMILES string of the molecule is N#CC1C(=N)OC2=C(C(=O)CCC2)C1c1cc2c(cc1Br)OCO2. The average molecular weight is 389 g/mol. The van der Waals surface area contributed by atoms with Gasteiger partial charge >= 0.3 is 0 Å². The molecular formula is C17H13BrN2O4. The first-order valence-electron chi connectivity index (χ1n) is 7.61. The molecule has 1 aromatic rings. The van der Waals surface area contributed by atoms with Crippen LogP contribution < -0.4 is 9.47 Å². The first-order chi connectivity index (χ1) is 11.6. The summed E-state index contributed by atoms with van der Waals surface area (Å²) in [5.74, 6) is 0.209. The summed E-state index contributed by atoms with van der Waals surface area (Å²) in [6.07, 6.45) is 1.75. The minimum Gasteiger partial charge on any atom is -0.454 e. The Morgan fingerprint density at radius 3 is 2.75 bits per heavy atom. The van der Waals surface area contributed by atoms with Crippen LogP contribution in [0.4, 0.5) is 0 Å². The molecular weight excluding hydrogens is 376 g/mol. The standard InChI is InChI=1S/C17H13BrN2O4/c18-10-5-14-13(22-7-23-14)4-8(10)15-9(6-19)17(20)24-12-3-1-2-11(21)16(12)15/h4-5,9,15,20H,1-3,7H2. The number of halogens is 1. The molecule has 0 saturated heterocycles. The maximum absolute atomic E-state index is 12.5. The molecule has 2 heterocycles. The van der Waals surface area contributed by atoms with Crippen LogP contribution in [0.3, 0.4) is 0 Å². The minimum absolute atomic E-state index is 0.0152. The van der Waals surface area contributed by atoms with Gasteiger partial charge in [0.2, 0.25) is 12.7 Å². The predicted molar refractivity (Wildman–Crippen MR) is 86.8 cm³/mol. The third-order valence-corrected chi connectivity index (χ3v) is 5.22. The van der Waals surface area contributed by atoms with Crippen LogP contribution in [0.15, 0.2) is 27.9 Å². The van der Waals surface area contributed by atoms with Gasteiger partial charge in [0, 0.05) is 28.8 Å². The number of rotatable bonds is 1. The number of hydrogen-bond donors (Lipinski definition) is 1. The molecule has 0 radical (unpaired) electrons. The molecule has 122 valence electrons. The van der Waals surface area contributed by atoms with E-state index in [4.69, 9.17) is 19.6 Å². The number of nitrogens with zero attached hydrogens (tertiary/aromatic N) is 1. The second kappa shape index (κ2) is 5.64. The van der Waals surface area contributed by atoms with Crippen molar-refractivity contribution in [2.75, 3.05) is 6.79 Å². The molecule has 0 spiro atoms. The van der Waals surface area contributed by atoms with E-state index < -0.39 is 11.8 Å². The largest absolute Gasteiger partial charge is 0.454 e. The lowest BCUT2D eigenvalue weighted by molar-refractivity contribution is -0.116. The van der Waals surface area contributed by atoms with E-state index >= 15 is 0 Å². The number of ketones is 1. The molecule has 0 fully saturated rings. The second-order valence-corrected chi connectivity index (χ2v) is 6.75. The Labute approximate surface area is 146 Å².